The lowest BCUT2D eigenvalue weighted by atomic mass is 10.1. The fourth-order valence-corrected chi connectivity index (χ4v) is 2.98. The number of halogens is 1. The number of aromatic amines is 1. The number of benzene rings is 1. The van der Waals surface area contributed by atoms with Crippen LogP contribution in [0.1, 0.15) is 34.8 Å². The Kier molecular flexibility index (Phi) is 4.57. The molecular weight excluding hydrogens is 314 g/mol. The number of hydrogen-bond acceptors (Lipinski definition) is 3. The van der Waals surface area contributed by atoms with Gasteiger partial charge in [0.25, 0.3) is 5.91 Å². The molecule has 6 heteroatoms. The molecule has 0 bridgehead atoms. The van der Waals surface area contributed by atoms with E-state index in [2.05, 4.69) is 9.97 Å². The lowest BCUT2D eigenvalue weighted by Gasteiger charge is -2.32. The highest BCUT2D eigenvalue weighted by atomic mass is 35.5. The molecule has 1 N–H and O–H groups in total. The maximum absolute atomic E-state index is 12.5. The summed E-state index contributed by atoms with van der Waals surface area (Å²) in [5.74, 6) is 1.58. The van der Waals surface area contributed by atoms with Gasteiger partial charge in [0.2, 0.25) is 0 Å². The predicted molar refractivity (Wildman–Crippen MR) is 89.1 cm³/mol. The molecule has 0 radical (unpaired) electrons. The van der Waals surface area contributed by atoms with Gasteiger partial charge >= 0.3 is 0 Å². The Hall–Kier alpha value is -2.01. The molecule has 1 aliphatic rings. The lowest BCUT2D eigenvalue weighted by molar-refractivity contribution is 0.0590. The smallest absolute Gasteiger partial charge is 0.274 e. The second-order valence-corrected chi connectivity index (χ2v) is 6.30. The van der Waals surface area contributed by atoms with Gasteiger partial charge in [0.15, 0.2) is 0 Å². The number of nitrogens with one attached hydrogen (secondary N) is 1. The van der Waals surface area contributed by atoms with E-state index in [4.69, 9.17) is 16.3 Å². The third-order valence-electron chi connectivity index (χ3n) is 4.05. The molecule has 2 aromatic rings. The Morgan fingerprint density at radius 2 is 1.91 bits per heavy atom. The number of H-pyrrole nitrogens is 1. The van der Waals surface area contributed by atoms with Gasteiger partial charge in [-0.15, -0.1) is 0 Å². The average Bonchev–Trinajstić information content (AvgIpc) is 2.88. The van der Waals surface area contributed by atoms with E-state index in [0.29, 0.717) is 23.8 Å². The first-order valence-electron chi connectivity index (χ1n) is 7.77. The Labute approximate surface area is 140 Å². The van der Waals surface area contributed by atoms with Crippen LogP contribution < -0.4 is 4.74 Å². The van der Waals surface area contributed by atoms with E-state index in [1.165, 1.54) is 0 Å². The van der Waals surface area contributed by atoms with Crippen LogP contribution in [0.2, 0.25) is 5.02 Å². The van der Waals surface area contributed by atoms with Crippen molar-refractivity contribution in [1.29, 1.82) is 0 Å². The predicted octanol–water partition coefficient (Wildman–Crippen LogP) is 3.36. The molecule has 1 fully saturated rings. The first-order chi connectivity index (χ1) is 11.0. The molecule has 0 spiro atoms. The third-order valence-corrected chi connectivity index (χ3v) is 4.30. The number of likely N-dealkylation sites (tertiary alicyclic amines) is 1. The summed E-state index contributed by atoms with van der Waals surface area (Å²) in [5, 5.41) is 0.697. The summed E-state index contributed by atoms with van der Waals surface area (Å²) in [6, 6.07) is 7.38. The molecule has 1 saturated heterocycles. The molecule has 0 unspecified atom stereocenters. The number of carbonyl (C=O) groups is 1. The van der Waals surface area contributed by atoms with Gasteiger partial charge in [-0.25, -0.2) is 4.98 Å². The van der Waals surface area contributed by atoms with Crippen molar-refractivity contribution in [2.24, 2.45) is 0 Å². The normalized spacial score (nSPS) is 15.7. The third kappa shape index (κ3) is 3.67. The van der Waals surface area contributed by atoms with E-state index in [1.54, 1.807) is 0 Å². The number of carbonyl (C=O) groups excluding carboxylic acids is 1. The van der Waals surface area contributed by atoms with Crippen molar-refractivity contribution in [3.05, 3.63) is 46.5 Å². The number of hydrogen-bond donors (Lipinski definition) is 1. The number of piperidine rings is 1. The van der Waals surface area contributed by atoms with Crippen molar-refractivity contribution in [1.82, 2.24) is 14.9 Å². The van der Waals surface area contributed by atoms with Crippen molar-refractivity contribution in [2.75, 3.05) is 13.1 Å². The molecular formula is C17H20ClN3O2. The van der Waals surface area contributed by atoms with Crippen LogP contribution in [0.4, 0.5) is 0 Å². The fraction of sp³-hybridized carbons (Fsp3) is 0.412. The van der Waals surface area contributed by atoms with Gasteiger partial charge in [-0.1, -0.05) is 11.6 Å². The van der Waals surface area contributed by atoms with Gasteiger partial charge in [0.1, 0.15) is 23.4 Å². The van der Waals surface area contributed by atoms with E-state index in [-0.39, 0.29) is 12.0 Å². The first kappa shape index (κ1) is 15.9. The topological polar surface area (TPSA) is 58.2 Å². The summed E-state index contributed by atoms with van der Waals surface area (Å²) in [6.45, 7) is 5.10. The minimum atomic E-state index is -0.00297. The van der Waals surface area contributed by atoms with Gasteiger partial charge in [-0.05, 0) is 38.1 Å². The Morgan fingerprint density at radius 3 is 2.48 bits per heavy atom. The van der Waals surface area contributed by atoms with E-state index >= 15 is 0 Å². The van der Waals surface area contributed by atoms with Crippen molar-refractivity contribution in [3.63, 3.8) is 0 Å². The number of aromatic nitrogens is 2. The van der Waals surface area contributed by atoms with E-state index in [9.17, 15) is 4.79 Å². The maximum atomic E-state index is 12.5. The molecule has 1 aromatic carbocycles. The van der Waals surface area contributed by atoms with E-state index in [0.717, 1.165) is 30.1 Å². The number of amides is 1. The van der Waals surface area contributed by atoms with Crippen LogP contribution >= 0.6 is 11.6 Å². The average molecular weight is 334 g/mol. The van der Waals surface area contributed by atoms with E-state index in [1.807, 2.05) is 43.0 Å². The first-order valence-corrected chi connectivity index (χ1v) is 8.15. The van der Waals surface area contributed by atoms with Gasteiger partial charge in [-0.2, -0.15) is 0 Å². The van der Waals surface area contributed by atoms with Crippen molar-refractivity contribution < 1.29 is 9.53 Å². The minimum absolute atomic E-state index is 0.00297. The second kappa shape index (κ2) is 6.62. The summed E-state index contributed by atoms with van der Waals surface area (Å²) in [4.78, 5) is 21.7. The largest absolute Gasteiger partial charge is 0.490 e. The van der Waals surface area contributed by atoms with Crippen LogP contribution in [-0.4, -0.2) is 40.0 Å². The minimum Gasteiger partial charge on any atom is -0.490 e. The van der Waals surface area contributed by atoms with Gasteiger partial charge in [-0.3, -0.25) is 4.79 Å². The number of ether oxygens (including phenoxy) is 1. The quantitative estimate of drug-likeness (QED) is 0.937. The Morgan fingerprint density at radius 1 is 1.26 bits per heavy atom. The molecule has 23 heavy (non-hydrogen) atoms. The van der Waals surface area contributed by atoms with Crippen LogP contribution in [0.25, 0.3) is 0 Å². The molecule has 2 heterocycles. The zero-order chi connectivity index (χ0) is 16.4. The highest BCUT2D eigenvalue weighted by Crippen LogP contribution is 2.22. The van der Waals surface area contributed by atoms with Gasteiger partial charge in [0.05, 0.1) is 0 Å². The molecule has 122 valence electrons. The lowest BCUT2D eigenvalue weighted by Crippen LogP contribution is -2.42. The SMILES string of the molecule is Cc1nc(C(=O)N2CCC(Oc3ccc(Cl)cc3)CC2)c(C)[nH]1. The molecule has 1 amide bonds. The standard InChI is InChI=1S/C17H20ClN3O2/c1-11-16(20-12(2)19-11)17(22)21-9-7-15(8-10-21)23-14-5-3-13(18)4-6-14/h3-6,15H,7-10H2,1-2H3,(H,19,20). The zero-order valence-electron chi connectivity index (χ0n) is 13.3. The van der Waals surface area contributed by atoms with Crippen LogP contribution in [-0.2, 0) is 0 Å². The summed E-state index contributed by atoms with van der Waals surface area (Å²) >= 11 is 5.87. The molecule has 0 aliphatic carbocycles. The highest BCUT2D eigenvalue weighted by molar-refractivity contribution is 6.30. The molecule has 3 rings (SSSR count). The Bertz CT molecular complexity index is 688. The van der Waals surface area contributed by atoms with Crippen LogP contribution in [0.5, 0.6) is 5.75 Å². The maximum Gasteiger partial charge on any atom is 0.274 e. The van der Waals surface area contributed by atoms with Crippen molar-refractivity contribution in [2.45, 2.75) is 32.8 Å². The highest BCUT2D eigenvalue weighted by Gasteiger charge is 2.27. The van der Waals surface area contributed by atoms with Crippen LogP contribution in [0, 0.1) is 13.8 Å². The van der Waals surface area contributed by atoms with Crippen LogP contribution in [0.15, 0.2) is 24.3 Å². The Balaban J connectivity index is 1.57. The zero-order valence-corrected chi connectivity index (χ0v) is 14.1. The molecule has 1 aromatic heterocycles. The summed E-state index contributed by atoms with van der Waals surface area (Å²) in [5.41, 5.74) is 1.35. The second-order valence-electron chi connectivity index (χ2n) is 5.86. The molecule has 0 saturated carbocycles. The number of aryl methyl sites for hydroxylation is 2. The summed E-state index contributed by atoms with van der Waals surface area (Å²) < 4.78 is 5.95. The summed E-state index contributed by atoms with van der Waals surface area (Å²) in [6.07, 6.45) is 1.76. The van der Waals surface area contributed by atoms with Crippen molar-refractivity contribution >= 4 is 17.5 Å². The fourth-order valence-electron chi connectivity index (χ4n) is 2.85. The van der Waals surface area contributed by atoms with Gasteiger partial charge in [0, 0.05) is 36.6 Å². The number of nitrogens with zero attached hydrogens (tertiary/aromatic N) is 2. The van der Waals surface area contributed by atoms with E-state index < -0.39 is 0 Å². The molecule has 5 nitrogen and oxygen atoms in total. The molecule has 0 atom stereocenters. The monoisotopic (exact) mass is 333 g/mol. The number of rotatable bonds is 3. The van der Waals surface area contributed by atoms with Crippen LogP contribution in [0.3, 0.4) is 0 Å². The van der Waals surface area contributed by atoms with Crippen molar-refractivity contribution in [3.8, 4) is 5.75 Å². The van der Waals surface area contributed by atoms with Gasteiger partial charge < -0.3 is 14.6 Å². The summed E-state index contributed by atoms with van der Waals surface area (Å²) in [7, 11) is 0. The molecule has 1 aliphatic heterocycles. The number of imidazole rings is 1.